The van der Waals surface area contributed by atoms with Gasteiger partial charge in [-0.2, -0.15) is 0 Å². The summed E-state index contributed by atoms with van der Waals surface area (Å²) in [7, 11) is 0. The topological polar surface area (TPSA) is 25.8 Å². The highest BCUT2D eigenvalue weighted by Crippen LogP contribution is 2.36. The molecule has 0 bridgehead atoms. The van der Waals surface area contributed by atoms with Crippen molar-refractivity contribution in [3.8, 4) is 0 Å². The number of thiazole rings is 2. The van der Waals surface area contributed by atoms with Crippen LogP contribution in [0.5, 0.6) is 0 Å². The van der Waals surface area contributed by atoms with Gasteiger partial charge in [-0.25, -0.2) is 9.97 Å². The fourth-order valence-corrected chi connectivity index (χ4v) is 3.28. The first kappa shape index (κ1) is 10.8. The third-order valence-corrected chi connectivity index (χ3v) is 4.91. The molecule has 0 atom stereocenters. The zero-order chi connectivity index (χ0) is 11.1. The summed E-state index contributed by atoms with van der Waals surface area (Å²) in [6.45, 7) is 8.49. The summed E-state index contributed by atoms with van der Waals surface area (Å²) in [6.07, 6.45) is 1.97. The second-order valence-electron chi connectivity index (χ2n) is 4.16. The number of aromatic nitrogens is 2. The smallest absolute Gasteiger partial charge is 0.104 e. The molecule has 0 saturated heterocycles. The van der Waals surface area contributed by atoms with E-state index < -0.39 is 0 Å². The Balaban J connectivity index is 2.42. The minimum atomic E-state index is -0.00907. The van der Waals surface area contributed by atoms with E-state index in [1.54, 1.807) is 22.7 Å². The third-order valence-electron chi connectivity index (χ3n) is 2.39. The number of hydrogen-bond acceptors (Lipinski definition) is 4. The highest BCUT2D eigenvalue weighted by Gasteiger charge is 2.28. The van der Waals surface area contributed by atoms with Gasteiger partial charge in [0.25, 0.3) is 0 Å². The van der Waals surface area contributed by atoms with Crippen LogP contribution >= 0.6 is 22.7 Å². The lowest BCUT2D eigenvalue weighted by Crippen LogP contribution is -2.16. The predicted molar refractivity (Wildman–Crippen MR) is 65.8 cm³/mol. The number of hydrogen-bond donors (Lipinski definition) is 0. The molecule has 0 saturated carbocycles. The van der Waals surface area contributed by atoms with Gasteiger partial charge in [-0.15, -0.1) is 22.7 Å². The van der Waals surface area contributed by atoms with E-state index in [0.29, 0.717) is 0 Å². The Hall–Kier alpha value is -0.740. The molecule has 2 aromatic heterocycles. The Labute approximate surface area is 98.0 Å². The van der Waals surface area contributed by atoms with Crippen LogP contribution in [0.15, 0.2) is 11.6 Å². The molecule has 80 valence electrons. The van der Waals surface area contributed by atoms with Gasteiger partial charge in [-0.3, -0.25) is 0 Å². The van der Waals surface area contributed by atoms with Gasteiger partial charge in [0.1, 0.15) is 5.01 Å². The van der Waals surface area contributed by atoms with Gasteiger partial charge in [-0.05, 0) is 27.7 Å². The van der Waals surface area contributed by atoms with Crippen molar-refractivity contribution in [2.75, 3.05) is 0 Å². The fourth-order valence-electron chi connectivity index (χ4n) is 1.40. The van der Waals surface area contributed by atoms with E-state index in [-0.39, 0.29) is 5.41 Å². The van der Waals surface area contributed by atoms with Crippen molar-refractivity contribution in [1.82, 2.24) is 9.97 Å². The molecule has 0 aliphatic heterocycles. The van der Waals surface area contributed by atoms with Crippen LogP contribution in [0.1, 0.15) is 34.4 Å². The summed E-state index contributed by atoms with van der Waals surface area (Å²) in [5.41, 5.74) is 1.09. The van der Waals surface area contributed by atoms with E-state index >= 15 is 0 Å². The van der Waals surface area contributed by atoms with Gasteiger partial charge in [0.15, 0.2) is 0 Å². The van der Waals surface area contributed by atoms with Crippen molar-refractivity contribution in [3.05, 3.63) is 32.2 Å². The van der Waals surface area contributed by atoms with E-state index in [9.17, 15) is 0 Å². The molecular weight excluding hydrogens is 224 g/mol. The Morgan fingerprint density at radius 1 is 1.27 bits per heavy atom. The molecule has 0 unspecified atom stereocenters. The average molecular weight is 238 g/mol. The summed E-state index contributed by atoms with van der Waals surface area (Å²) in [6, 6.07) is 0. The zero-order valence-electron chi connectivity index (χ0n) is 9.37. The van der Waals surface area contributed by atoms with Crippen LogP contribution < -0.4 is 0 Å². The van der Waals surface area contributed by atoms with Crippen LogP contribution in [-0.2, 0) is 5.41 Å². The largest absolute Gasteiger partial charge is 0.250 e. The maximum Gasteiger partial charge on any atom is 0.104 e. The summed E-state index contributed by atoms with van der Waals surface area (Å²) in [4.78, 5) is 10.2. The van der Waals surface area contributed by atoms with Crippen molar-refractivity contribution in [3.63, 3.8) is 0 Å². The third kappa shape index (κ3) is 1.96. The first-order chi connectivity index (χ1) is 7.00. The molecule has 0 spiro atoms. The standard InChI is InChI=1S/C11H14N2S2/c1-7-6-14-10(13-7)11(3,4)9-5-12-8(2)15-9/h5-6H,1-4H3. The first-order valence-electron chi connectivity index (χ1n) is 4.85. The highest BCUT2D eigenvalue weighted by molar-refractivity contribution is 7.12. The molecule has 2 rings (SSSR count). The van der Waals surface area contributed by atoms with Crippen molar-refractivity contribution < 1.29 is 0 Å². The predicted octanol–water partition coefficient (Wildman–Crippen LogP) is 3.54. The Kier molecular flexibility index (Phi) is 2.64. The molecular formula is C11H14N2S2. The minimum Gasteiger partial charge on any atom is -0.250 e. The Morgan fingerprint density at radius 3 is 2.47 bits per heavy atom. The van der Waals surface area contributed by atoms with Crippen LogP contribution in [0.4, 0.5) is 0 Å². The second-order valence-corrected chi connectivity index (χ2v) is 6.26. The maximum atomic E-state index is 4.57. The average Bonchev–Trinajstić information content (AvgIpc) is 2.74. The van der Waals surface area contributed by atoms with E-state index in [4.69, 9.17) is 0 Å². The van der Waals surface area contributed by atoms with Gasteiger partial charge in [0.2, 0.25) is 0 Å². The second kappa shape index (κ2) is 3.68. The quantitative estimate of drug-likeness (QED) is 0.799. The molecule has 0 fully saturated rings. The molecule has 0 radical (unpaired) electrons. The van der Waals surface area contributed by atoms with Crippen molar-refractivity contribution in [2.45, 2.75) is 33.1 Å². The summed E-state index contributed by atoms with van der Waals surface area (Å²) in [5, 5.41) is 4.39. The Bertz CT molecular complexity index is 426. The van der Waals surface area contributed by atoms with Crippen molar-refractivity contribution >= 4 is 22.7 Å². The first-order valence-corrected chi connectivity index (χ1v) is 6.55. The highest BCUT2D eigenvalue weighted by atomic mass is 32.1. The van der Waals surface area contributed by atoms with Gasteiger partial charge < -0.3 is 0 Å². The lowest BCUT2D eigenvalue weighted by molar-refractivity contribution is 0.646. The van der Waals surface area contributed by atoms with E-state index in [1.165, 1.54) is 9.88 Å². The summed E-state index contributed by atoms with van der Waals surface area (Å²) in [5.74, 6) is 0. The van der Waals surface area contributed by atoms with Crippen LogP contribution in [-0.4, -0.2) is 9.97 Å². The van der Waals surface area contributed by atoms with Gasteiger partial charge in [-0.1, -0.05) is 0 Å². The molecule has 0 aliphatic rings. The van der Waals surface area contributed by atoms with Crippen LogP contribution in [0.2, 0.25) is 0 Å². The molecule has 15 heavy (non-hydrogen) atoms. The molecule has 2 heterocycles. The van der Waals surface area contributed by atoms with E-state index in [0.717, 1.165) is 10.7 Å². The molecule has 4 heteroatoms. The van der Waals surface area contributed by atoms with Crippen LogP contribution in [0, 0.1) is 13.8 Å². The SMILES string of the molecule is Cc1csc(C(C)(C)c2cnc(C)s2)n1. The van der Waals surface area contributed by atoms with E-state index in [1.807, 2.05) is 20.0 Å². The van der Waals surface area contributed by atoms with Gasteiger partial charge in [0.05, 0.1) is 10.4 Å². The lowest BCUT2D eigenvalue weighted by Gasteiger charge is -2.19. The molecule has 0 amide bonds. The summed E-state index contributed by atoms with van der Waals surface area (Å²) >= 11 is 3.48. The molecule has 2 nitrogen and oxygen atoms in total. The van der Waals surface area contributed by atoms with E-state index in [2.05, 4.69) is 29.2 Å². The van der Waals surface area contributed by atoms with Crippen molar-refractivity contribution in [1.29, 1.82) is 0 Å². The van der Waals surface area contributed by atoms with Gasteiger partial charge in [0, 0.05) is 22.1 Å². The minimum absolute atomic E-state index is 0.00907. The number of aryl methyl sites for hydroxylation is 2. The lowest BCUT2D eigenvalue weighted by atomic mass is 9.93. The molecule has 2 aromatic rings. The fraction of sp³-hybridized carbons (Fsp3) is 0.455. The summed E-state index contributed by atoms with van der Waals surface area (Å²) < 4.78 is 0. The van der Waals surface area contributed by atoms with Crippen molar-refractivity contribution in [2.24, 2.45) is 0 Å². The molecule has 0 aliphatic carbocycles. The number of nitrogens with zero attached hydrogens (tertiary/aromatic N) is 2. The normalized spacial score (nSPS) is 12.0. The molecule has 0 aromatic carbocycles. The van der Waals surface area contributed by atoms with Crippen LogP contribution in [0.3, 0.4) is 0 Å². The van der Waals surface area contributed by atoms with Crippen LogP contribution in [0.25, 0.3) is 0 Å². The zero-order valence-corrected chi connectivity index (χ0v) is 11.0. The maximum absolute atomic E-state index is 4.57. The molecule has 0 N–H and O–H groups in total. The monoisotopic (exact) mass is 238 g/mol. The Morgan fingerprint density at radius 2 is 2.00 bits per heavy atom. The number of rotatable bonds is 2. The van der Waals surface area contributed by atoms with Gasteiger partial charge >= 0.3 is 0 Å².